The molecule has 1 aromatic heterocycles. The highest BCUT2D eigenvalue weighted by Crippen LogP contribution is 2.61. The molecule has 3 unspecified atom stereocenters. The van der Waals surface area contributed by atoms with Gasteiger partial charge in [-0.25, -0.2) is 0 Å². The van der Waals surface area contributed by atoms with Crippen molar-refractivity contribution in [1.29, 1.82) is 0 Å². The molecule has 13 rings (SSSR count). The minimum absolute atomic E-state index is 0.243. The highest BCUT2D eigenvalue weighted by Gasteiger charge is 2.50. The van der Waals surface area contributed by atoms with Gasteiger partial charge in [0.25, 0.3) is 0 Å². The van der Waals surface area contributed by atoms with Gasteiger partial charge in [0.2, 0.25) is 0 Å². The number of para-hydroxylation sites is 3. The van der Waals surface area contributed by atoms with Crippen LogP contribution in [0.15, 0.2) is 231 Å². The average Bonchev–Trinajstić information content (AvgIpc) is 3.86. The highest BCUT2D eigenvalue weighted by atomic mass is 15.2. The second-order valence-corrected chi connectivity index (χ2v) is 17.5. The van der Waals surface area contributed by atoms with E-state index in [2.05, 4.69) is 240 Å². The third-order valence-corrected chi connectivity index (χ3v) is 14.3. The van der Waals surface area contributed by atoms with Crippen LogP contribution in [0.25, 0.3) is 60.9 Å². The van der Waals surface area contributed by atoms with Gasteiger partial charge in [0.05, 0.1) is 28.2 Å². The molecule has 0 N–H and O–H groups in total. The van der Waals surface area contributed by atoms with E-state index in [1.165, 1.54) is 100 Å². The van der Waals surface area contributed by atoms with Crippen molar-refractivity contribution in [3.63, 3.8) is 0 Å². The first-order valence-corrected chi connectivity index (χ1v) is 22.4. The van der Waals surface area contributed by atoms with Gasteiger partial charge in [-0.2, -0.15) is 0 Å². The van der Waals surface area contributed by atoms with E-state index in [0.717, 1.165) is 12.8 Å². The van der Waals surface area contributed by atoms with Crippen LogP contribution in [0.2, 0.25) is 0 Å². The molecule has 1 aliphatic heterocycles. The molecule has 2 heterocycles. The molecule has 0 saturated carbocycles. The second kappa shape index (κ2) is 14.2. The number of aromatic nitrogens is 1. The molecule has 0 bridgehead atoms. The number of allylic oxidation sites excluding steroid dienone is 1. The van der Waals surface area contributed by atoms with Crippen LogP contribution in [0, 0.1) is 0 Å². The molecule has 1 spiro atoms. The fraction of sp³-hybridized carbons (Fsp3) is 0.0820. The Labute approximate surface area is 368 Å². The van der Waals surface area contributed by atoms with Crippen molar-refractivity contribution < 1.29 is 0 Å². The van der Waals surface area contributed by atoms with E-state index in [0.29, 0.717) is 5.92 Å². The fourth-order valence-electron chi connectivity index (χ4n) is 11.5. The molecule has 3 aliphatic rings. The molecule has 63 heavy (non-hydrogen) atoms. The normalized spacial score (nSPS) is 18.0. The summed E-state index contributed by atoms with van der Waals surface area (Å²) >= 11 is 0. The molecule has 2 nitrogen and oxygen atoms in total. The zero-order chi connectivity index (χ0) is 41.5. The largest absolute Gasteiger partial charge is 0.335 e. The smallest absolute Gasteiger partial charge is 0.0754 e. The third-order valence-electron chi connectivity index (χ3n) is 14.3. The fourth-order valence-corrected chi connectivity index (χ4v) is 11.5. The van der Waals surface area contributed by atoms with Crippen LogP contribution in [0.4, 0.5) is 11.4 Å². The van der Waals surface area contributed by atoms with Crippen molar-refractivity contribution in [2.75, 3.05) is 4.90 Å². The monoisotopic (exact) mass is 804 g/mol. The van der Waals surface area contributed by atoms with Gasteiger partial charge in [-0.1, -0.05) is 188 Å². The Kier molecular flexibility index (Phi) is 8.11. The van der Waals surface area contributed by atoms with Gasteiger partial charge < -0.3 is 9.47 Å². The molecule has 2 heteroatoms. The van der Waals surface area contributed by atoms with E-state index >= 15 is 0 Å². The van der Waals surface area contributed by atoms with Crippen LogP contribution >= 0.6 is 0 Å². The summed E-state index contributed by atoms with van der Waals surface area (Å²) in [5.41, 5.74) is 20.1. The van der Waals surface area contributed by atoms with Gasteiger partial charge in [-0.15, -0.1) is 0 Å². The van der Waals surface area contributed by atoms with Crippen molar-refractivity contribution in [2.45, 2.75) is 30.2 Å². The minimum Gasteiger partial charge on any atom is -0.335 e. The van der Waals surface area contributed by atoms with Crippen molar-refractivity contribution in [2.24, 2.45) is 0 Å². The van der Waals surface area contributed by atoms with Gasteiger partial charge >= 0.3 is 0 Å². The molecule has 10 aromatic rings. The number of fused-ring (bicyclic) bond motifs is 12. The zero-order valence-electron chi connectivity index (χ0n) is 34.9. The van der Waals surface area contributed by atoms with Crippen molar-refractivity contribution in [1.82, 2.24) is 4.57 Å². The second-order valence-electron chi connectivity index (χ2n) is 17.5. The Balaban J connectivity index is 0.915. The van der Waals surface area contributed by atoms with E-state index in [9.17, 15) is 0 Å². The molecule has 298 valence electrons. The van der Waals surface area contributed by atoms with E-state index in [-0.39, 0.29) is 6.04 Å². The van der Waals surface area contributed by atoms with Gasteiger partial charge in [-0.05, 0) is 117 Å². The lowest BCUT2D eigenvalue weighted by Crippen LogP contribution is -2.33. The molecule has 3 atom stereocenters. The topological polar surface area (TPSA) is 8.17 Å². The Bertz CT molecular complexity index is 3400. The molecule has 0 radical (unpaired) electrons. The summed E-state index contributed by atoms with van der Waals surface area (Å²) in [6.07, 6.45) is 7.06. The van der Waals surface area contributed by atoms with Crippen LogP contribution in [-0.4, -0.2) is 10.6 Å². The summed E-state index contributed by atoms with van der Waals surface area (Å²) in [5, 5.41) is 2.60. The van der Waals surface area contributed by atoms with Gasteiger partial charge in [-0.3, -0.25) is 0 Å². The maximum atomic E-state index is 2.54. The SMILES string of the molecule is C1=CC(N(c2ccc(-c3ccccc3)cc2)c2ccc(-c3ccc4c(c3)-c3ccccc3C43c4ccccc4-n4c5ccccc5c5cccc3c54)cc2)CCC1c1ccccc1. The predicted molar refractivity (Wildman–Crippen MR) is 262 cm³/mol. The van der Waals surface area contributed by atoms with Crippen LogP contribution in [0.5, 0.6) is 0 Å². The Morgan fingerprint density at radius 1 is 0.413 bits per heavy atom. The quantitative estimate of drug-likeness (QED) is 0.152. The maximum absolute atomic E-state index is 2.54. The van der Waals surface area contributed by atoms with Crippen molar-refractivity contribution >= 4 is 33.2 Å². The average molecular weight is 805 g/mol. The number of rotatable bonds is 6. The summed E-state index contributed by atoms with van der Waals surface area (Å²) < 4.78 is 2.52. The lowest BCUT2D eigenvalue weighted by Gasteiger charge is -2.39. The molecule has 0 saturated heterocycles. The van der Waals surface area contributed by atoms with Crippen LogP contribution < -0.4 is 4.90 Å². The lowest BCUT2D eigenvalue weighted by atomic mass is 9.65. The number of nitrogens with zero attached hydrogens (tertiary/aromatic N) is 2. The van der Waals surface area contributed by atoms with Crippen molar-refractivity contribution in [3.05, 3.63) is 258 Å². The van der Waals surface area contributed by atoms with Crippen LogP contribution in [0.1, 0.15) is 46.6 Å². The first kappa shape index (κ1) is 36.0. The highest BCUT2D eigenvalue weighted by molar-refractivity contribution is 6.12. The van der Waals surface area contributed by atoms with Crippen LogP contribution in [0.3, 0.4) is 0 Å². The lowest BCUT2D eigenvalue weighted by molar-refractivity contribution is 0.586. The Hall–Kier alpha value is -7.68. The molecule has 0 amide bonds. The molecule has 0 fully saturated rings. The number of benzene rings is 9. The van der Waals surface area contributed by atoms with Gasteiger partial charge in [0.1, 0.15) is 0 Å². The van der Waals surface area contributed by atoms with Crippen LogP contribution in [-0.2, 0) is 5.41 Å². The van der Waals surface area contributed by atoms with Crippen molar-refractivity contribution in [3.8, 4) is 39.1 Å². The number of anilines is 2. The van der Waals surface area contributed by atoms with Gasteiger partial charge in [0, 0.05) is 28.1 Å². The zero-order valence-corrected chi connectivity index (χ0v) is 34.9. The summed E-state index contributed by atoms with van der Waals surface area (Å²) in [4.78, 5) is 2.54. The van der Waals surface area contributed by atoms with E-state index < -0.39 is 5.41 Å². The number of hydrogen-bond acceptors (Lipinski definition) is 1. The predicted octanol–water partition coefficient (Wildman–Crippen LogP) is 15.4. The minimum atomic E-state index is -0.446. The molecule has 2 aliphatic carbocycles. The standard InChI is InChI=1S/C61H44N2/c1-3-14-41(15-4-1)43-26-33-47(34-27-43)62(48-35-28-44(29-36-48)42-16-5-2-6-17-42)49-37-30-45(31-38-49)46-32-39-55-53(40-46)50-18-7-9-21-54(50)61(55)56-22-10-12-25-59(56)63-58-24-11-8-19-51(58)52-20-13-23-57(61)60(52)63/h1-28,30-35,37-40,44,48H,29,36H2. The Morgan fingerprint density at radius 2 is 1.00 bits per heavy atom. The first-order valence-electron chi connectivity index (χ1n) is 22.4. The van der Waals surface area contributed by atoms with Gasteiger partial charge in [0.15, 0.2) is 0 Å². The maximum Gasteiger partial charge on any atom is 0.0754 e. The van der Waals surface area contributed by atoms with E-state index in [4.69, 9.17) is 0 Å². The Morgan fingerprint density at radius 3 is 1.76 bits per heavy atom. The van der Waals surface area contributed by atoms with E-state index in [1.807, 2.05) is 0 Å². The summed E-state index contributed by atoms with van der Waals surface area (Å²) in [6, 6.07) is 81.7. The molecular formula is C61H44N2. The number of hydrogen-bond donors (Lipinski definition) is 0. The molecule has 9 aromatic carbocycles. The summed E-state index contributed by atoms with van der Waals surface area (Å²) in [6.45, 7) is 0. The van der Waals surface area contributed by atoms with E-state index in [1.54, 1.807) is 0 Å². The summed E-state index contributed by atoms with van der Waals surface area (Å²) in [7, 11) is 0. The molecular weight excluding hydrogens is 761 g/mol. The third kappa shape index (κ3) is 5.38. The summed E-state index contributed by atoms with van der Waals surface area (Å²) in [5.74, 6) is 0.441. The first-order chi connectivity index (χ1) is 31.3.